The average molecular weight is 343 g/mol. The fourth-order valence-corrected chi connectivity index (χ4v) is 3.23. The van der Waals surface area contributed by atoms with E-state index in [4.69, 9.17) is 4.74 Å². The van der Waals surface area contributed by atoms with Crippen molar-refractivity contribution < 1.29 is 14.3 Å². The van der Waals surface area contributed by atoms with Gasteiger partial charge in [-0.1, -0.05) is 13.8 Å². The molecule has 134 valence electrons. The van der Waals surface area contributed by atoms with Gasteiger partial charge < -0.3 is 14.6 Å². The van der Waals surface area contributed by atoms with Crippen LogP contribution in [-0.4, -0.2) is 46.4 Å². The molecule has 2 aromatic rings. The molecule has 0 saturated carbocycles. The van der Waals surface area contributed by atoms with Crippen LogP contribution >= 0.6 is 0 Å². The van der Waals surface area contributed by atoms with Crippen molar-refractivity contribution in [2.75, 3.05) is 19.7 Å². The number of fused-ring (bicyclic) bond motifs is 1. The summed E-state index contributed by atoms with van der Waals surface area (Å²) in [6.45, 7) is 7.43. The van der Waals surface area contributed by atoms with Crippen molar-refractivity contribution in [1.82, 2.24) is 14.9 Å². The Morgan fingerprint density at radius 3 is 2.92 bits per heavy atom. The van der Waals surface area contributed by atoms with Crippen LogP contribution in [-0.2, 0) is 9.53 Å². The van der Waals surface area contributed by atoms with Gasteiger partial charge in [-0.3, -0.25) is 9.59 Å². The van der Waals surface area contributed by atoms with Crippen molar-refractivity contribution in [3.8, 4) is 0 Å². The third-order valence-electron chi connectivity index (χ3n) is 4.62. The van der Waals surface area contributed by atoms with Crippen LogP contribution in [0.15, 0.2) is 18.2 Å². The Bertz CT molecular complexity index is 781. The summed E-state index contributed by atoms with van der Waals surface area (Å²) < 4.78 is 5.11. The van der Waals surface area contributed by atoms with Crippen LogP contribution in [0.3, 0.4) is 0 Å². The van der Waals surface area contributed by atoms with Crippen LogP contribution < -0.4 is 0 Å². The molecule has 1 aromatic carbocycles. The van der Waals surface area contributed by atoms with Gasteiger partial charge in [0.2, 0.25) is 0 Å². The van der Waals surface area contributed by atoms with E-state index < -0.39 is 0 Å². The number of aromatic amines is 1. The van der Waals surface area contributed by atoms with Gasteiger partial charge in [-0.25, -0.2) is 4.98 Å². The first kappa shape index (κ1) is 17.5. The van der Waals surface area contributed by atoms with E-state index in [9.17, 15) is 9.59 Å². The lowest BCUT2D eigenvalue weighted by Crippen LogP contribution is -2.42. The molecule has 1 fully saturated rings. The van der Waals surface area contributed by atoms with Crippen molar-refractivity contribution in [2.45, 2.75) is 39.5 Å². The molecule has 0 aliphatic carbocycles. The molecule has 1 N–H and O–H groups in total. The van der Waals surface area contributed by atoms with Crippen molar-refractivity contribution in [2.24, 2.45) is 5.92 Å². The van der Waals surface area contributed by atoms with Crippen molar-refractivity contribution in [3.05, 3.63) is 29.6 Å². The Balaban J connectivity index is 1.77. The standard InChI is InChI=1S/C19H25N3O3/c1-4-25-19(24)14-6-5-9-22(11-14)18(23)13-7-8-15-16(10-13)21-17(20-15)12(2)3/h7-8,10,12,14H,4-6,9,11H2,1-3H3,(H,20,21). The number of aromatic nitrogens is 2. The number of amides is 1. The number of nitrogens with one attached hydrogen (secondary N) is 1. The van der Waals surface area contributed by atoms with Gasteiger partial charge >= 0.3 is 5.97 Å². The minimum absolute atomic E-state index is 0.0448. The summed E-state index contributed by atoms with van der Waals surface area (Å²) in [5, 5.41) is 0. The lowest BCUT2D eigenvalue weighted by Gasteiger charge is -2.31. The van der Waals surface area contributed by atoms with Crippen LogP contribution in [0.2, 0.25) is 0 Å². The topological polar surface area (TPSA) is 75.3 Å². The number of hydrogen-bond donors (Lipinski definition) is 1. The highest BCUT2D eigenvalue weighted by molar-refractivity contribution is 5.97. The number of benzene rings is 1. The molecule has 1 amide bonds. The summed E-state index contributed by atoms with van der Waals surface area (Å²) in [6.07, 6.45) is 1.60. The first-order chi connectivity index (χ1) is 12.0. The minimum Gasteiger partial charge on any atom is -0.466 e. The summed E-state index contributed by atoms with van der Waals surface area (Å²) in [7, 11) is 0. The summed E-state index contributed by atoms with van der Waals surface area (Å²) in [4.78, 5) is 34.4. The van der Waals surface area contributed by atoms with Crippen LogP contribution in [0.25, 0.3) is 11.0 Å². The largest absolute Gasteiger partial charge is 0.466 e. The fraction of sp³-hybridized carbons (Fsp3) is 0.526. The molecule has 2 heterocycles. The monoisotopic (exact) mass is 343 g/mol. The van der Waals surface area contributed by atoms with Crippen LogP contribution in [0.4, 0.5) is 0 Å². The molecule has 3 rings (SSSR count). The van der Waals surface area contributed by atoms with E-state index in [-0.39, 0.29) is 17.8 Å². The molecule has 1 saturated heterocycles. The summed E-state index contributed by atoms with van der Waals surface area (Å²) in [5.74, 6) is 0.752. The zero-order valence-electron chi connectivity index (χ0n) is 15.0. The number of H-pyrrole nitrogens is 1. The Labute approximate surface area is 147 Å². The molecule has 1 atom stereocenters. The van der Waals surface area contributed by atoms with E-state index >= 15 is 0 Å². The van der Waals surface area contributed by atoms with E-state index in [0.29, 0.717) is 31.2 Å². The molecule has 0 spiro atoms. The van der Waals surface area contributed by atoms with Crippen molar-refractivity contribution >= 4 is 22.9 Å². The molecule has 6 heteroatoms. The number of piperidine rings is 1. The quantitative estimate of drug-likeness (QED) is 0.866. The van der Waals surface area contributed by atoms with Crippen LogP contribution in [0, 0.1) is 5.92 Å². The highest BCUT2D eigenvalue weighted by atomic mass is 16.5. The van der Waals surface area contributed by atoms with E-state index in [1.54, 1.807) is 11.8 Å². The molecule has 1 aliphatic heterocycles. The first-order valence-electron chi connectivity index (χ1n) is 8.95. The molecule has 0 bridgehead atoms. The summed E-state index contributed by atoms with van der Waals surface area (Å²) >= 11 is 0. The number of carbonyl (C=O) groups excluding carboxylic acids is 2. The number of esters is 1. The molecule has 0 radical (unpaired) electrons. The Hall–Kier alpha value is -2.37. The van der Waals surface area contributed by atoms with Gasteiger partial charge in [0.25, 0.3) is 5.91 Å². The molecule has 1 aromatic heterocycles. The van der Waals surface area contributed by atoms with Gasteiger partial charge in [-0.05, 0) is 38.0 Å². The second-order valence-corrected chi connectivity index (χ2v) is 6.85. The lowest BCUT2D eigenvalue weighted by atomic mass is 9.97. The maximum absolute atomic E-state index is 12.8. The van der Waals surface area contributed by atoms with Gasteiger partial charge in [-0.2, -0.15) is 0 Å². The molecule has 1 unspecified atom stereocenters. The lowest BCUT2D eigenvalue weighted by molar-refractivity contribution is -0.149. The predicted octanol–water partition coefficient (Wildman–Crippen LogP) is 3.10. The van der Waals surface area contributed by atoms with E-state index in [1.165, 1.54) is 0 Å². The highest BCUT2D eigenvalue weighted by Crippen LogP contribution is 2.22. The maximum Gasteiger partial charge on any atom is 0.310 e. The third kappa shape index (κ3) is 3.67. The van der Waals surface area contributed by atoms with Crippen molar-refractivity contribution in [1.29, 1.82) is 0 Å². The van der Waals surface area contributed by atoms with E-state index in [2.05, 4.69) is 23.8 Å². The van der Waals surface area contributed by atoms with Gasteiger partial charge in [-0.15, -0.1) is 0 Å². The van der Waals surface area contributed by atoms with Crippen LogP contribution in [0.1, 0.15) is 55.7 Å². The molecular formula is C19H25N3O3. The van der Waals surface area contributed by atoms with Crippen LogP contribution in [0.5, 0.6) is 0 Å². The van der Waals surface area contributed by atoms with Gasteiger partial charge in [0.05, 0.1) is 23.6 Å². The number of rotatable bonds is 4. The zero-order valence-corrected chi connectivity index (χ0v) is 15.0. The second kappa shape index (κ2) is 7.25. The summed E-state index contributed by atoms with van der Waals surface area (Å²) in [6, 6.07) is 5.53. The Morgan fingerprint density at radius 1 is 1.40 bits per heavy atom. The maximum atomic E-state index is 12.8. The van der Waals surface area contributed by atoms with Gasteiger partial charge in [0.15, 0.2) is 0 Å². The number of imidazole rings is 1. The van der Waals surface area contributed by atoms with E-state index in [0.717, 1.165) is 29.7 Å². The molecule has 25 heavy (non-hydrogen) atoms. The first-order valence-corrected chi connectivity index (χ1v) is 8.95. The van der Waals surface area contributed by atoms with Crippen molar-refractivity contribution in [3.63, 3.8) is 0 Å². The number of likely N-dealkylation sites (tertiary alicyclic amines) is 1. The van der Waals surface area contributed by atoms with Gasteiger partial charge in [0.1, 0.15) is 5.82 Å². The van der Waals surface area contributed by atoms with E-state index in [1.807, 2.05) is 18.2 Å². The predicted molar refractivity (Wildman–Crippen MR) is 95.4 cm³/mol. The molecular weight excluding hydrogens is 318 g/mol. The Morgan fingerprint density at radius 2 is 2.20 bits per heavy atom. The zero-order chi connectivity index (χ0) is 18.0. The molecule has 1 aliphatic rings. The number of nitrogens with zero attached hydrogens (tertiary/aromatic N) is 2. The summed E-state index contributed by atoms with van der Waals surface area (Å²) in [5.41, 5.74) is 2.35. The molecule has 6 nitrogen and oxygen atoms in total. The number of hydrogen-bond acceptors (Lipinski definition) is 4. The SMILES string of the molecule is CCOC(=O)C1CCCN(C(=O)c2ccc3nc(C(C)C)[nH]c3c2)C1. The average Bonchev–Trinajstić information content (AvgIpc) is 3.05. The Kier molecular flexibility index (Phi) is 5.06. The number of ether oxygens (including phenoxy) is 1. The number of carbonyl (C=O) groups is 2. The fourth-order valence-electron chi connectivity index (χ4n) is 3.23. The normalized spacial score (nSPS) is 17.9. The third-order valence-corrected chi connectivity index (χ3v) is 4.62. The highest BCUT2D eigenvalue weighted by Gasteiger charge is 2.29. The second-order valence-electron chi connectivity index (χ2n) is 6.85. The van der Waals surface area contributed by atoms with Gasteiger partial charge in [0, 0.05) is 24.6 Å². The minimum atomic E-state index is -0.221. The smallest absolute Gasteiger partial charge is 0.310 e.